The average Bonchev–Trinajstić information content (AvgIpc) is 2.45. The number of hydrogen-bond donors (Lipinski definition) is 3. The summed E-state index contributed by atoms with van der Waals surface area (Å²) in [6, 6.07) is 3.92. The first-order chi connectivity index (χ1) is 10.8. The van der Waals surface area contributed by atoms with Crippen LogP contribution in [0.1, 0.15) is 26.7 Å². The lowest BCUT2D eigenvalue weighted by Gasteiger charge is -2.15. The number of hydrogen-bond acceptors (Lipinski definition) is 4. The highest BCUT2D eigenvalue weighted by atomic mass is 35.5. The molecule has 0 aliphatic carbocycles. The fourth-order valence-electron chi connectivity index (χ4n) is 1.93. The third kappa shape index (κ3) is 6.88. The number of halogens is 1. The highest BCUT2D eigenvalue weighted by Crippen LogP contribution is 2.27. The second kappa shape index (κ2) is 9.37. The molecular weight excluding hydrogens is 320 g/mol. The van der Waals surface area contributed by atoms with Gasteiger partial charge in [-0.05, 0) is 37.1 Å². The summed E-state index contributed by atoms with van der Waals surface area (Å²) in [6.07, 6.45) is 0.691. The van der Waals surface area contributed by atoms with Crippen molar-refractivity contribution in [3.8, 4) is 5.75 Å². The summed E-state index contributed by atoms with van der Waals surface area (Å²) in [4.78, 5) is 23.2. The molecule has 1 amide bonds. The van der Waals surface area contributed by atoms with Gasteiger partial charge in [-0.1, -0.05) is 25.4 Å². The molecule has 1 aromatic rings. The van der Waals surface area contributed by atoms with Crippen molar-refractivity contribution in [1.29, 1.82) is 0 Å². The molecule has 0 aromatic heterocycles. The lowest BCUT2D eigenvalue weighted by molar-refractivity contribution is -0.141. The first-order valence-electron chi connectivity index (χ1n) is 7.43. The van der Waals surface area contributed by atoms with Crippen LogP contribution < -0.4 is 15.4 Å². The van der Waals surface area contributed by atoms with Crippen LogP contribution >= 0.6 is 11.6 Å². The fraction of sp³-hybridized carbons (Fsp3) is 0.500. The van der Waals surface area contributed by atoms with E-state index in [0.717, 1.165) is 6.42 Å². The van der Waals surface area contributed by atoms with Gasteiger partial charge < -0.3 is 20.5 Å². The van der Waals surface area contributed by atoms with Crippen LogP contribution in [0, 0.1) is 5.92 Å². The number of rotatable bonds is 9. The molecule has 1 atom stereocenters. The number of carboxylic acid groups (broad SMARTS) is 1. The molecule has 0 saturated carbocycles. The van der Waals surface area contributed by atoms with Crippen LogP contribution in [-0.4, -0.2) is 36.7 Å². The summed E-state index contributed by atoms with van der Waals surface area (Å²) in [5.74, 6) is -0.469. The third-order valence-corrected chi connectivity index (χ3v) is 3.53. The Morgan fingerprint density at radius 2 is 2.04 bits per heavy atom. The van der Waals surface area contributed by atoms with Gasteiger partial charge in [0.05, 0.1) is 18.6 Å². The van der Waals surface area contributed by atoms with E-state index in [0.29, 0.717) is 28.9 Å². The van der Waals surface area contributed by atoms with Crippen LogP contribution in [0.2, 0.25) is 5.02 Å². The molecule has 128 valence electrons. The standard InChI is InChI=1S/C16H23ClN2O4/c1-10(2)6-7-18-13(16(21)22)9-15(20)19-11-4-5-14(23-3)12(17)8-11/h4-5,8,10,13,18H,6-7,9H2,1-3H3,(H,19,20)(H,21,22). The minimum absolute atomic E-state index is 0.156. The molecule has 1 aromatic carbocycles. The Kier molecular flexibility index (Phi) is 7.85. The van der Waals surface area contributed by atoms with E-state index in [9.17, 15) is 14.7 Å². The zero-order valence-electron chi connectivity index (χ0n) is 13.6. The lowest BCUT2D eigenvalue weighted by Crippen LogP contribution is -2.40. The van der Waals surface area contributed by atoms with Gasteiger partial charge in [0.15, 0.2) is 0 Å². The van der Waals surface area contributed by atoms with E-state index < -0.39 is 17.9 Å². The quantitative estimate of drug-likeness (QED) is 0.642. The largest absolute Gasteiger partial charge is 0.495 e. The van der Waals surface area contributed by atoms with Gasteiger partial charge in [0.25, 0.3) is 0 Å². The minimum atomic E-state index is -1.04. The minimum Gasteiger partial charge on any atom is -0.495 e. The van der Waals surface area contributed by atoms with Gasteiger partial charge in [-0.3, -0.25) is 9.59 Å². The number of nitrogens with one attached hydrogen (secondary N) is 2. The van der Waals surface area contributed by atoms with Gasteiger partial charge in [-0.25, -0.2) is 0 Å². The van der Waals surface area contributed by atoms with E-state index in [2.05, 4.69) is 24.5 Å². The van der Waals surface area contributed by atoms with Crippen LogP contribution in [0.3, 0.4) is 0 Å². The normalized spacial score (nSPS) is 12.0. The summed E-state index contributed by atoms with van der Waals surface area (Å²) in [5.41, 5.74) is 0.493. The molecule has 1 unspecified atom stereocenters. The van der Waals surface area contributed by atoms with Crippen LogP contribution in [0.15, 0.2) is 18.2 Å². The third-order valence-electron chi connectivity index (χ3n) is 3.24. The number of ether oxygens (including phenoxy) is 1. The van der Waals surface area contributed by atoms with E-state index in [1.807, 2.05) is 0 Å². The summed E-state index contributed by atoms with van der Waals surface area (Å²) in [5, 5.41) is 15.1. The number of carboxylic acids is 1. The Balaban J connectivity index is 2.58. The molecule has 0 saturated heterocycles. The topological polar surface area (TPSA) is 87.7 Å². The predicted molar refractivity (Wildman–Crippen MR) is 90.1 cm³/mol. The first kappa shape index (κ1) is 19.3. The molecule has 0 aliphatic heterocycles. The van der Waals surface area contributed by atoms with Gasteiger partial charge in [-0.2, -0.15) is 0 Å². The molecular formula is C16H23ClN2O4. The van der Waals surface area contributed by atoms with Crippen molar-refractivity contribution in [3.63, 3.8) is 0 Å². The van der Waals surface area contributed by atoms with Gasteiger partial charge in [0.2, 0.25) is 5.91 Å². The second-order valence-corrected chi connectivity index (χ2v) is 6.04. The zero-order valence-corrected chi connectivity index (χ0v) is 14.3. The molecule has 0 aliphatic rings. The Labute approximate surface area is 141 Å². The number of methoxy groups -OCH3 is 1. The Bertz CT molecular complexity index is 549. The van der Waals surface area contributed by atoms with Gasteiger partial charge in [-0.15, -0.1) is 0 Å². The van der Waals surface area contributed by atoms with E-state index >= 15 is 0 Å². The summed E-state index contributed by atoms with van der Waals surface area (Å²) >= 11 is 5.98. The summed E-state index contributed by atoms with van der Waals surface area (Å²) in [6.45, 7) is 4.66. The predicted octanol–water partition coefficient (Wildman–Crippen LogP) is 2.77. The van der Waals surface area contributed by atoms with E-state index in [1.165, 1.54) is 7.11 Å². The fourth-order valence-corrected chi connectivity index (χ4v) is 2.19. The average molecular weight is 343 g/mol. The van der Waals surface area contributed by atoms with E-state index in [-0.39, 0.29) is 6.42 Å². The van der Waals surface area contributed by atoms with Crippen LogP contribution in [0.4, 0.5) is 5.69 Å². The zero-order chi connectivity index (χ0) is 17.4. The van der Waals surface area contributed by atoms with Crippen molar-refractivity contribution in [3.05, 3.63) is 23.2 Å². The highest BCUT2D eigenvalue weighted by molar-refractivity contribution is 6.32. The van der Waals surface area contributed by atoms with Crippen molar-refractivity contribution >= 4 is 29.2 Å². The number of carbonyl (C=O) groups is 2. The Morgan fingerprint density at radius 3 is 2.57 bits per heavy atom. The summed E-state index contributed by atoms with van der Waals surface area (Å²) < 4.78 is 5.03. The van der Waals surface area contributed by atoms with Crippen molar-refractivity contribution in [1.82, 2.24) is 5.32 Å². The maximum atomic E-state index is 12.0. The van der Waals surface area contributed by atoms with E-state index in [4.69, 9.17) is 16.3 Å². The lowest BCUT2D eigenvalue weighted by atomic mass is 10.1. The SMILES string of the molecule is COc1ccc(NC(=O)CC(NCCC(C)C)C(=O)O)cc1Cl. The first-order valence-corrected chi connectivity index (χ1v) is 7.80. The maximum Gasteiger partial charge on any atom is 0.321 e. The molecule has 0 spiro atoms. The van der Waals surface area contributed by atoms with Crippen molar-refractivity contribution in [2.45, 2.75) is 32.7 Å². The van der Waals surface area contributed by atoms with Crippen molar-refractivity contribution in [2.75, 3.05) is 19.0 Å². The molecule has 23 heavy (non-hydrogen) atoms. The van der Waals surface area contributed by atoms with Crippen LogP contribution in [0.25, 0.3) is 0 Å². The molecule has 0 heterocycles. The van der Waals surface area contributed by atoms with Crippen molar-refractivity contribution in [2.24, 2.45) is 5.92 Å². The Hall–Kier alpha value is -1.79. The molecule has 7 heteroatoms. The number of anilines is 1. The number of amides is 1. The van der Waals surface area contributed by atoms with Gasteiger partial charge in [0, 0.05) is 5.69 Å². The van der Waals surface area contributed by atoms with Gasteiger partial charge >= 0.3 is 5.97 Å². The highest BCUT2D eigenvalue weighted by Gasteiger charge is 2.20. The molecule has 6 nitrogen and oxygen atoms in total. The monoisotopic (exact) mass is 342 g/mol. The Morgan fingerprint density at radius 1 is 1.35 bits per heavy atom. The van der Waals surface area contributed by atoms with Crippen LogP contribution in [0.5, 0.6) is 5.75 Å². The molecule has 3 N–H and O–H groups in total. The molecule has 1 rings (SSSR count). The molecule has 0 fully saturated rings. The smallest absolute Gasteiger partial charge is 0.321 e. The van der Waals surface area contributed by atoms with Crippen LogP contribution in [-0.2, 0) is 9.59 Å². The number of benzene rings is 1. The number of carbonyl (C=O) groups excluding carboxylic acids is 1. The molecule has 0 bridgehead atoms. The van der Waals surface area contributed by atoms with Gasteiger partial charge in [0.1, 0.15) is 11.8 Å². The summed E-state index contributed by atoms with van der Waals surface area (Å²) in [7, 11) is 1.50. The van der Waals surface area contributed by atoms with Crippen molar-refractivity contribution < 1.29 is 19.4 Å². The molecule has 0 radical (unpaired) electrons. The number of aliphatic carboxylic acids is 1. The maximum absolute atomic E-state index is 12.0. The van der Waals surface area contributed by atoms with E-state index in [1.54, 1.807) is 18.2 Å². The second-order valence-electron chi connectivity index (χ2n) is 5.63.